The number of alkyl halides is 1. The van der Waals surface area contributed by atoms with Gasteiger partial charge in [0.25, 0.3) is 0 Å². The Hall–Kier alpha value is -0.870. The Morgan fingerprint density at radius 3 is 2.71 bits per heavy atom. The largest absolute Gasteiger partial charge is 0.486 e. The lowest BCUT2D eigenvalue weighted by molar-refractivity contribution is 0.0225. The third kappa shape index (κ3) is 2.11. The fourth-order valence-corrected chi connectivity index (χ4v) is 2.35. The molecule has 0 radical (unpaired) electrons. The van der Waals surface area contributed by atoms with Crippen LogP contribution in [-0.4, -0.2) is 21.3 Å². The average Bonchev–Trinajstić information content (AvgIpc) is 2.25. The van der Waals surface area contributed by atoms with Crippen molar-refractivity contribution >= 4 is 21.7 Å². The summed E-state index contributed by atoms with van der Waals surface area (Å²) in [5.74, 6) is 0.624. The number of aliphatic hydroxyl groups is 1. The zero-order valence-electron chi connectivity index (χ0n) is 10.0. The van der Waals surface area contributed by atoms with Crippen molar-refractivity contribution < 1.29 is 14.6 Å². The van der Waals surface area contributed by atoms with Gasteiger partial charge in [0.05, 0.1) is 10.9 Å². The summed E-state index contributed by atoms with van der Waals surface area (Å²) >= 11 is 3.45. The minimum atomic E-state index is -0.673. The van der Waals surface area contributed by atoms with Gasteiger partial charge in [0.1, 0.15) is 11.4 Å². The van der Waals surface area contributed by atoms with Crippen molar-refractivity contribution in [3.63, 3.8) is 0 Å². The van der Waals surface area contributed by atoms with Crippen LogP contribution in [0.2, 0.25) is 0 Å². The van der Waals surface area contributed by atoms with Gasteiger partial charge in [-0.1, -0.05) is 15.9 Å². The molecule has 0 unspecified atom stereocenters. The summed E-state index contributed by atoms with van der Waals surface area (Å²) in [6.07, 6.45) is -0.673. The van der Waals surface area contributed by atoms with Crippen molar-refractivity contribution in [2.75, 3.05) is 0 Å². The Morgan fingerprint density at radius 2 is 2.12 bits per heavy atom. The molecule has 0 bridgehead atoms. The Labute approximate surface area is 109 Å². The average molecular weight is 299 g/mol. The molecule has 0 aliphatic carbocycles. The number of carbonyl (C=O) groups is 1. The fraction of sp³-hybridized carbons (Fsp3) is 0.462. The number of halogens is 1. The zero-order chi connectivity index (χ0) is 12.8. The minimum absolute atomic E-state index is 0.0176. The minimum Gasteiger partial charge on any atom is -0.486 e. The van der Waals surface area contributed by atoms with E-state index in [9.17, 15) is 9.90 Å². The molecule has 0 aromatic heterocycles. The highest BCUT2D eigenvalue weighted by atomic mass is 79.9. The van der Waals surface area contributed by atoms with Crippen LogP contribution in [0.1, 0.15) is 42.8 Å². The highest BCUT2D eigenvalue weighted by Gasteiger charge is 2.41. The second-order valence-corrected chi connectivity index (χ2v) is 5.85. The molecule has 3 nitrogen and oxygen atoms in total. The molecule has 4 heteroatoms. The molecule has 92 valence electrons. The lowest BCUT2D eigenvalue weighted by Gasteiger charge is -2.40. The first-order valence-corrected chi connectivity index (χ1v) is 6.40. The molecule has 17 heavy (non-hydrogen) atoms. The van der Waals surface area contributed by atoms with Crippen LogP contribution < -0.4 is 4.74 Å². The van der Waals surface area contributed by atoms with Gasteiger partial charge in [-0.25, -0.2) is 0 Å². The van der Waals surface area contributed by atoms with Crippen molar-refractivity contribution in [2.45, 2.75) is 37.3 Å². The van der Waals surface area contributed by atoms with Crippen LogP contribution in [0.4, 0.5) is 0 Å². The maximum atomic E-state index is 11.3. The molecule has 1 aromatic carbocycles. The number of rotatable bonds is 1. The van der Waals surface area contributed by atoms with Gasteiger partial charge >= 0.3 is 0 Å². The SMILES string of the molecule is CC(=O)c1ccc2c(c1)[C@@H](O)[C@H](Br)C(C)(C)O2. The Balaban J connectivity index is 2.50. The predicted octanol–water partition coefficient (Wildman–Crippen LogP) is 2.86. The second-order valence-electron chi connectivity index (χ2n) is 4.86. The zero-order valence-corrected chi connectivity index (χ0v) is 11.6. The van der Waals surface area contributed by atoms with Crippen LogP contribution >= 0.6 is 15.9 Å². The van der Waals surface area contributed by atoms with Gasteiger partial charge in [-0.05, 0) is 39.0 Å². The molecule has 0 amide bonds. The van der Waals surface area contributed by atoms with Gasteiger partial charge in [-0.15, -0.1) is 0 Å². The molecule has 0 saturated heterocycles. The molecule has 0 fully saturated rings. The van der Waals surface area contributed by atoms with Crippen LogP contribution in [0.5, 0.6) is 5.75 Å². The molecular formula is C13H15BrO3. The van der Waals surface area contributed by atoms with Gasteiger partial charge in [-0.2, -0.15) is 0 Å². The maximum Gasteiger partial charge on any atom is 0.159 e. The summed E-state index contributed by atoms with van der Waals surface area (Å²) in [5, 5.41) is 10.2. The number of hydrogen-bond donors (Lipinski definition) is 1. The van der Waals surface area contributed by atoms with Crippen LogP contribution in [0.3, 0.4) is 0 Å². The van der Waals surface area contributed by atoms with E-state index in [-0.39, 0.29) is 10.6 Å². The standard InChI is InChI=1S/C13H15BrO3/c1-7(15)8-4-5-10-9(6-8)11(16)12(14)13(2,3)17-10/h4-6,11-12,16H,1-3H3/t11-,12+/m1/s1. The normalized spacial score (nSPS) is 25.9. The summed E-state index contributed by atoms with van der Waals surface area (Å²) in [6, 6.07) is 5.17. The van der Waals surface area contributed by atoms with Gasteiger partial charge < -0.3 is 9.84 Å². The molecule has 0 spiro atoms. The fourth-order valence-electron chi connectivity index (χ4n) is 1.97. The quantitative estimate of drug-likeness (QED) is 0.640. The molecule has 2 rings (SSSR count). The number of carbonyl (C=O) groups excluding carboxylic acids is 1. The van der Waals surface area contributed by atoms with Gasteiger partial charge in [0.15, 0.2) is 5.78 Å². The molecular weight excluding hydrogens is 284 g/mol. The van der Waals surface area contributed by atoms with E-state index in [1.165, 1.54) is 6.92 Å². The number of hydrogen-bond acceptors (Lipinski definition) is 3. The van der Waals surface area contributed by atoms with Gasteiger partial charge in [-0.3, -0.25) is 4.79 Å². The Kier molecular flexibility index (Phi) is 3.04. The number of Topliss-reactive ketones (excluding diaryl/α,β-unsaturated/α-hetero) is 1. The van der Waals surface area contributed by atoms with E-state index in [0.29, 0.717) is 16.9 Å². The Bertz CT molecular complexity index is 468. The van der Waals surface area contributed by atoms with Crippen molar-refractivity contribution in [2.24, 2.45) is 0 Å². The molecule has 1 heterocycles. The topological polar surface area (TPSA) is 46.5 Å². The summed E-state index contributed by atoms with van der Waals surface area (Å²) in [7, 11) is 0. The van der Waals surface area contributed by atoms with E-state index in [0.717, 1.165) is 0 Å². The lowest BCUT2D eigenvalue weighted by atomic mass is 9.90. The monoisotopic (exact) mass is 298 g/mol. The van der Waals surface area contributed by atoms with E-state index < -0.39 is 11.7 Å². The van der Waals surface area contributed by atoms with Gasteiger partial charge in [0.2, 0.25) is 0 Å². The van der Waals surface area contributed by atoms with Crippen LogP contribution in [0, 0.1) is 0 Å². The Morgan fingerprint density at radius 1 is 1.47 bits per heavy atom. The highest BCUT2D eigenvalue weighted by Crippen LogP contribution is 2.43. The third-order valence-corrected chi connectivity index (χ3v) is 4.65. The molecule has 1 aliphatic heterocycles. The smallest absolute Gasteiger partial charge is 0.159 e. The van der Waals surface area contributed by atoms with Crippen LogP contribution in [0.25, 0.3) is 0 Å². The van der Waals surface area contributed by atoms with Crippen molar-refractivity contribution in [1.29, 1.82) is 0 Å². The number of benzene rings is 1. The van der Waals surface area contributed by atoms with E-state index in [2.05, 4.69) is 15.9 Å². The third-order valence-electron chi connectivity index (χ3n) is 3.05. The molecule has 1 aromatic rings. The van der Waals surface area contributed by atoms with E-state index >= 15 is 0 Å². The summed E-state index contributed by atoms with van der Waals surface area (Å²) in [5.41, 5.74) is 0.772. The molecule has 0 saturated carbocycles. The molecule has 2 atom stereocenters. The lowest BCUT2D eigenvalue weighted by Crippen LogP contribution is -2.45. The summed E-state index contributed by atoms with van der Waals surface area (Å²) in [6.45, 7) is 5.34. The van der Waals surface area contributed by atoms with Crippen molar-refractivity contribution in [3.05, 3.63) is 29.3 Å². The van der Waals surface area contributed by atoms with E-state index in [4.69, 9.17) is 4.74 Å². The molecule has 1 N–H and O–H groups in total. The van der Waals surface area contributed by atoms with Crippen molar-refractivity contribution in [3.8, 4) is 5.75 Å². The summed E-state index contributed by atoms with van der Waals surface area (Å²) < 4.78 is 5.82. The predicted molar refractivity (Wildman–Crippen MR) is 68.8 cm³/mol. The second kappa shape index (κ2) is 4.10. The van der Waals surface area contributed by atoms with Crippen LogP contribution in [-0.2, 0) is 0 Å². The van der Waals surface area contributed by atoms with E-state index in [1.807, 2.05) is 13.8 Å². The number of ether oxygens (including phenoxy) is 1. The first-order valence-electron chi connectivity index (χ1n) is 5.49. The highest BCUT2D eigenvalue weighted by molar-refractivity contribution is 9.09. The number of aliphatic hydroxyl groups excluding tert-OH is 1. The maximum absolute atomic E-state index is 11.3. The van der Waals surface area contributed by atoms with Crippen molar-refractivity contribution in [1.82, 2.24) is 0 Å². The first kappa shape index (κ1) is 12.6. The molecule has 1 aliphatic rings. The first-order chi connectivity index (χ1) is 7.83. The summed E-state index contributed by atoms with van der Waals surface area (Å²) in [4.78, 5) is 11.1. The number of fused-ring (bicyclic) bond motifs is 1. The van der Waals surface area contributed by atoms with Gasteiger partial charge in [0, 0.05) is 11.1 Å². The van der Waals surface area contributed by atoms with E-state index in [1.54, 1.807) is 18.2 Å². The number of ketones is 1. The van der Waals surface area contributed by atoms with Crippen LogP contribution in [0.15, 0.2) is 18.2 Å².